The molecule has 1 amide bonds. The normalized spacial score (nSPS) is 20.3. The Bertz CT molecular complexity index is 1730. The third-order valence-corrected chi connectivity index (χ3v) is 8.73. The lowest BCUT2D eigenvalue weighted by atomic mass is 9.85. The lowest BCUT2D eigenvalue weighted by Crippen LogP contribution is -2.29. The molecular weight excluding hydrogens is 520 g/mol. The van der Waals surface area contributed by atoms with E-state index < -0.39 is 17.7 Å². The molecule has 1 fully saturated rings. The maximum Gasteiger partial charge on any atom is 0.301 e. The summed E-state index contributed by atoms with van der Waals surface area (Å²) < 4.78 is 6.77. The summed E-state index contributed by atoms with van der Waals surface area (Å²) in [4.78, 5) is 33.7. The van der Waals surface area contributed by atoms with Crippen LogP contribution in [0.25, 0.3) is 16.0 Å². The molecule has 2 unspecified atom stereocenters. The van der Waals surface area contributed by atoms with Crippen LogP contribution in [0.4, 0.5) is 5.13 Å². The van der Waals surface area contributed by atoms with Crippen molar-refractivity contribution in [1.29, 1.82) is 0 Å². The highest BCUT2D eigenvalue weighted by Crippen LogP contribution is 2.45. The Balaban J connectivity index is 1.54. The number of hydrogen-bond donors (Lipinski definition) is 1. The zero-order valence-corrected chi connectivity index (χ0v) is 24.3. The summed E-state index contributed by atoms with van der Waals surface area (Å²) in [5.41, 5.74) is 6.24. The molecule has 6 rings (SSSR count). The first-order valence-corrected chi connectivity index (χ1v) is 14.3. The standard InChI is InChI=1S/C33H32N2O4S/c1-17-13-18(2)27-25(14-17)40-32(34-27)35-28(20-7-10-23(11-8-20)33(4,5)6)26(30(37)31(35)38)29(36)21-9-12-24-22(16-21)15-19(3)39-24/h7-14,16,19,28,36H,15H2,1-6H3/b29-26-. The van der Waals surface area contributed by atoms with Gasteiger partial charge >= 0.3 is 5.91 Å². The minimum atomic E-state index is -0.820. The van der Waals surface area contributed by atoms with Crippen LogP contribution >= 0.6 is 11.3 Å². The predicted molar refractivity (Wildman–Crippen MR) is 159 cm³/mol. The average Bonchev–Trinajstić information content (AvgIpc) is 3.56. The third kappa shape index (κ3) is 4.29. The number of nitrogens with zero attached hydrogens (tertiary/aromatic N) is 2. The van der Waals surface area contributed by atoms with E-state index in [-0.39, 0.29) is 22.9 Å². The van der Waals surface area contributed by atoms with E-state index in [1.54, 1.807) is 6.07 Å². The van der Waals surface area contributed by atoms with Gasteiger partial charge in [-0.3, -0.25) is 14.5 Å². The van der Waals surface area contributed by atoms with Crippen LogP contribution in [-0.4, -0.2) is 27.9 Å². The molecule has 2 aliphatic heterocycles. The molecule has 2 atom stereocenters. The molecule has 2 aliphatic rings. The van der Waals surface area contributed by atoms with Gasteiger partial charge in [-0.1, -0.05) is 62.4 Å². The van der Waals surface area contributed by atoms with Gasteiger partial charge in [-0.2, -0.15) is 0 Å². The number of ether oxygens (including phenoxy) is 1. The Morgan fingerprint density at radius 2 is 1.77 bits per heavy atom. The third-order valence-electron chi connectivity index (χ3n) is 7.73. The Hall–Kier alpha value is -3.97. The van der Waals surface area contributed by atoms with Crippen molar-refractivity contribution in [2.75, 3.05) is 4.90 Å². The fourth-order valence-electron chi connectivity index (χ4n) is 5.70. The Labute approximate surface area is 237 Å². The van der Waals surface area contributed by atoms with E-state index in [2.05, 4.69) is 26.8 Å². The molecule has 3 heterocycles. The summed E-state index contributed by atoms with van der Waals surface area (Å²) in [5.74, 6) is -0.835. The van der Waals surface area contributed by atoms with Crippen molar-refractivity contribution in [2.24, 2.45) is 0 Å². The Morgan fingerprint density at radius 1 is 1.05 bits per heavy atom. The summed E-state index contributed by atoms with van der Waals surface area (Å²) in [5, 5.41) is 12.1. The molecule has 0 spiro atoms. The zero-order valence-electron chi connectivity index (χ0n) is 23.5. The minimum Gasteiger partial charge on any atom is -0.507 e. The van der Waals surface area contributed by atoms with Gasteiger partial charge in [0.1, 0.15) is 17.6 Å². The van der Waals surface area contributed by atoms with Crippen LogP contribution in [0, 0.1) is 13.8 Å². The zero-order chi connectivity index (χ0) is 28.5. The van der Waals surface area contributed by atoms with E-state index in [1.165, 1.54) is 16.2 Å². The first-order chi connectivity index (χ1) is 18.9. The van der Waals surface area contributed by atoms with Gasteiger partial charge in [-0.05, 0) is 78.3 Å². The first-order valence-electron chi connectivity index (χ1n) is 13.5. The molecule has 1 N–H and O–H groups in total. The molecule has 1 saturated heterocycles. The first kappa shape index (κ1) is 26.3. The fourth-order valence-corrected chi connectivity index (χ4v) is 6.87. The van der Waals surface area contributed by atoms with Crippen molar-refractivity contribution >= 4 is 44.1 Å². The van der Waals surface area contributed by atoms with Crippen molar-refractivity contribution in [3.8, 4) is 5.75 Å². The van der Waals surface area contributed by atoms with Gasteiger partial charge in [0, 0.05) is 12.0 Å². The monoisotopic (exact) mass is 552 g/mol. The average molecular weight is 553 g/mol. The number of hydrogen-bond acceptors (Lipinski definition) is 6. The van der Waals surface area contributed by atoms with Crippen LogP contribution in [0.3, 0.4) is 0 Å². The molecule has 0 bridgehead atoms. The van der Waals surface area contributed by atoms with Crippen molar-refractivity contribution < 1.29 is 19.4 Å². The molecule has 6 nitrogen and oxygen atoms in total. The van der Waals surface area contributed by atoms with E-state index in [1.807, 2.05) is 63.2 Å². The van der Waals surface area contributed by atoms with Gasteiger partial charge < -0.3 is 9.84 Å². The van der Waals surface area contributed by atoms with Crippen molar-refractivity contribution in [2.45, 2.75) is 65.5 Å². The number of amides is 1. The summed E-state index contributed by atoms with van der Waals surface area (Å²) in [6.45, 7) is 12.4. The molecule has 0 aliphatic carbocycles. The van der Waals surface area contributed by atoms with E-state index >= 15 is 0 Å². The van der Waals surface area contributed by atoms with Gasteiger partial charge in [0.05, 0.1) is 21.8 Å². The topological polar surface area (TPSA) is 79.7 Å². The quantitative estimate of drug-likeness (QED) is 0.166. The van der Waals surface area contributed by atoms with Gasteiger partial charge in [-0.25, -0.2) is 4.98 Å². The van der Waals surface area contributed by atoms with Gasteiger partial charge in [0.25, 0.3) is 5.78 Å². The number of aliphatic hydroxyl groups excluding tert-OH is 1. The largest absolute Gasteiger partial charge is 0.507 e. The molecule has 40 heavy (non-hydrogen) atoms. The van der Waals surface area contributed by atoms with E-state index in [0.717, 1.165) is 43.8 Å². The predicted octanol–water partition coefficient (Wildman–Crippen LogP) is 7.16. The van der Waals surface area contributed by atoms with Crippen LogP contribution in [0.2, 0.25) is 0 Å². The number of benzene rings is 3. The molecule has 204 valence electrons. The lowest BCUT2D eigenvalue weighted by Gasteiger charge is -2.24. The molecule has 3 aromatic carbocycles. The number of ketones is 1. The SMILES string of the molecule is Cc1cc(C)c2nc(N3C(=O)C(=O)/C(=C(\O)c4ccc5c(c4)CC(C)O5)C3c3ccc(C(C)(C)C)cc3)sc2c1. The van der Waals surface area contributed by atoms with Crippen LogP contribution in [-0.2, 0) is 21.4 Å². The number of aromatic nitrogens is 1. The fraction of sp³-hybridized carbons (Fsp3) is 0.303. The maximum absolute atomic E-state index is 13.7. The van der Waals surface area contributed by atoms with Crippen LogP contribution < -0.4 is 9.64 Å². The van der Waals surface area contributed by atoms with Crippen LogP contribution in [0.15, 0.2) is 60.2 Å². The molecule has 1 aromatic heterocycles. The lowest BCUT2D eigenvalue weighted by molar-refractivity contribution is -0.132. The highest BCUT2D eigenvalue weighted by Gasteiger charge is 2.48. The number of fused-ring (bicyclic) bond motifs is 2. The van der Waals surface area contributed by atoms with Crippen molar-refractivity contribution in [3.05, 3.63) is 93.6 Å². The number of anilines is 1. The minimum absolute atomic E-state index is 0.0467. The summed E-state index contributed by atoms with van der Waals surface area (Å²) in [7, 11) is 0. The summed E-state index contributed by atoms with van der Waals surface area (Å²) in [6, 6.07) is 16.6. The van der Waals surface area contributed by atoms with E-state index in [4.69, 9.17) is 9.72 Å². The number of rotatable bonds is 3. The highest BCUT2D eigenvalue weighted by atomic mass is 32.1. The van der Waals surface area contributed by atoms with Crippen molar-refractivity contribution in [1.82, 2.24) is 4.98 Å². The number of carbonyl (C=O) groups is 2. The number of aryl methyl sites for hydroxylation is 2. The maximum atomic E-state index is 13.7. The second kappa shape index (κ2) is 9.30. The second-order valence-corrected chi connectivity index (χ2v) is 12.9. The smallest absolute Gasteiger partial charge is 0.301 e. The van der Waals surface area contributed by atoms with E-state index in [9.17, 15) is 14.7 Å². The molecule has 0 saturated carbocycles. The number of aliphatic hydroxyl groups is 1. The molecular formula is C33H32N2O4S. The van der Waals surface area contributed by atoms with Crippen LogP contribution in [0.5, 0.6) is 5.75 Å². The van der Waals surface area contributed by atoms with Crippen molar-refractivity contribution in [3.63, 3.8) is 0 Å². The number of thiazole rings is 1. The Kier molecular flexibility index (Phi) is 6.11. The molecule has 7 heteroatoms. The molecule has 4 aromatic rings. The highest BCUT2D eigenvalue weighted by molar-refractivity contribution is 7.22. The van der Waals surface area contributed by atoms with Gasteiger partial charge in [-0.15, -0.1) is 0 Å². The van der Waals surface area contributed by atoms with E-state index in [0.29, 0.717) is 17.1 Å². The van der Waals surface area contributed by atoms with Gasteiger partial charge in [0.15, 0.2) is 5.13 Å². The Morgan fingerprint density at radius 3 is 2.48 bits per heavy atom. The van der Waals surface area contributed by atoms with Gasteiger partial charge in [0.2, 0.25) is 0 Å². The van der Waals surface area contributed by atoms with Crippen LogP contribution in [0.1, 0.15) is 67.1 Å². The molecule has 0 radical (unpaired) electrons. The summed E-state index contributed by atoms with van der Waals surface area (Å²) in [6.07, 6.45) is 0.762. The summed E-state index contributed by atoms with van der Waals surface area (Å²) >= 11 is 1.38. The number of carbonyl (C=O) groups excluding carboxylic acids is 2. The second-order valence-electron chi connectivity index (χ2n) is 11.9. The number of Topliss-reactive ketones (excluding diaryl/α,β-unsaturated/α-hetero) is 1.